The SMILES string of the molecule is Cc1cnccc1NCCOc1ccc(N)cc1. The zero-order valence-corrected chi connectivity index (χ0v) is 10.4. The molecule has 0 aliphatic rings. The summed E-state index contributed by atoms with van der Waals surface area (Å²) in [4.78, 5) is 4.05. The third kappa shape index (κ3) is 3.38. The van der Waals surface area contributed by atoms with E-state index in [-0.39, 0.29) is 0 Å². The summed E-state index contributed by atoms with van der Waals surface area (Å²) in [5, 5.41) is 3.30. The standard InChI is InChI=1S/C14H17N3O/c1-11-10-16-7-6-14(11)17-8-9-18-13-4-2-12(15)3-5-13/h2-7,10H,8-9,15H2,1H3,(H,16,17). The molecule has 0 spiro atoms. The number of ether oxygens (including phenoxy) is 1. The Labute approximate surface area is 107 Å². The van der Waals surface area contributed by atoms with Gasteiger partial charge in [-0.25, -0.2) is 0 Å². The molecule has 0 atom stereocenters. The number of nitrogens with one attached hydrogen (secondary N) is 1. The van der Waals surface area contributed by atoms with Gasteiger partial charge in [0.15, 0.2) is 0 Å². The number of hydrogen-bond donors (Lipinski definition) is 2. The van der Waals surface area contributed by atoms with E-state index in [0.717, 1.165) is 29.2 Å². The molecule has 0 saturated carbocycles. The number of aromatic nitrogens is 1. The molecule has 3 N–H and O–H groups in total. The normalized spacial score (nSPS) is 10.1. The Balaban J connectivity index is 1.76. The Morgan fingerprint density at radius 3 is 2.72 bits per heavy atom. The van der Waals surface area contributed by atoms with Crippen molar-refractivity contribution in [3.63, 3.8) is 0 Å². The van der Waals surface area contributed by atoms with Gasteiger partial charge in [-0.05, 0) is 42.8 Å². The Hall–Kier alpha value is -2.23. The highest BCUT2D eigenvalue weighted by molar-refractivity contribution is 5.48. The second kappa shape index (κ2) is 5.91. The van der Waals surface area contributed by atoms with E-state index in [0.29, 0.717) is 6.61 Å². The van der Waals surface area contributed by atoms with E-state index in [1.165, 1.54) is 0 Å². The van der Waals surface area contributed by atoms with E-state index >= 15 is 0 Å². The molecule has 1 aromatic carbocycles. The predicted molar refractivity (Wildman–Crippen MR) is 73.8 cm³/mol. The van der Waals surface area contributed by atoms with Crippen molar-refractivity contribution in [3.05, 3.63) is 48.3 Å². The van der Waals surface area contributed by atoms with Crippen molar-refractivity contribution in [2.75, 3.05) is 24.2 Å². The molecule has 0 amide bonds. The summed E-state index contributed by atoms with van der Waals surface area (Å²) >= 11 is 0. The van der Waals surface area contributed by atoms with Gasteiger partial charge in [0.05, 0.1) is 0 Å². The Morgan fingerprint density at radius 1 is 1.22 bits per heavy atom. The van der Waals surface area contributed by atoms with Crippen LogP contribution in [0, 0.1) is 6.92 Å². The first kappa shape index (κ1) is 12.2. The van der Waals surface area contributed by atoms with Crippen molar-refractivity contribution < 1.29 is 4.74 Å². The summed E-state index contributed by atoms with van der Waals surface area (Å²) in [6, 6.07) is 9.35. The number of pyridine rings is 1. The van der Waals surface area contributed by atoms with Crippen LogP contribution in [0.3, 0.4) is 0 Å². The zero-order chi connectivity index (χ0) is 12.8. The summed E-state index contributed by atoms with van der Waals surface area (Å²) in [5.41, 5.74) is 8.56. The molecule has 0 aliphatic carbocycles. The lowest BCUT2D eigenvalue weighted by Gasteiger charge is -2.10. The van der Waals surface area contributed by atoms with E-state index in [4.69, 9.17) is 10.5 Å². The van der Waals surface area contributed by atoms with Crippen molar-refractivity contribution in [1.82, 2.24) is 4.98 Å². The lowest BCUT2D eigenvalue weighted by atomic mass is 10.2. The second-order valence-corrected chi connectivity index (χ2v) is 4.03. The van der Waals surface area contributed by atoms with E-state index in [9.17, 15) is 0 Å². The first-order valence-electron chi connectivity index (χ1n) is 5.88. The maximum Gasteiger partial charge on any atom is 0.119 e. The summed E-state index contributed by atoms with van der Waals surface area (Å²) in [6.07, 6.45) is 3.61. The van der Waals surface area contributed by atoms with Crippen molar-refractivity contribution in [1.29, 1.82) is 0 Å². The minimum absolute atomic E-state index is 0.603. The maximum absolute atomic E-state index is 5.60. The van der Waals surface area contributed by atoms with Gasteiger partial charge >= 0.3 is 0 Å². The molecule has 0 aliphatic heterocycles. The molecule has 0 radical (unpaired) electrons. The van der Waals surface area contributed by atoms with Gasteiger partial charge in [0.2, 0.25) is 0 Å². The first-order valence-corrected chi connectivity index (χ1v) is 5.88. The third-order valence-electron chi connectivity index (χ3n) is 2.59. The first-order chi connectivity index (χ1) is 8.75. The number of nitrogens with two attached hydrogens (primary N) is 1. The van der Waals surface area contributed by atoms with Crippen molar-refractivity contribution in [3.8, 4) is 5.75 Å². The predicted octanol–water partition coefficient (Wildman–Crippen LogP) is 2.46. The average molecular weight is 243 g/mol. The summed E-state index contributed by atoms with van der Waals surface area (Å²) in [7, 11) is 0. The molecule has 2 rings (SSSR count). The fourth-order valence-corrected chi connectivity index (χ4v) is 1.59. The van der Waals surface area contributed by atoms with Crippen LogP contribution >= 0.6 is 0 Å². The van der Waals surface area contributed by atoms with Crippen LogP contribution < -0.4 is 15.8 Å². The largest absolute Gasteiger partial charge is 0.492 e. The number of rotatable bonds is 5. The molecular formula is C14H17N3O. The highest BCUT2D eigenvalue weighted by Crippen LogP contribution is 2.13. The van der Waals surface area contributed by atoms with Crippen LogP contribution in [0.5, 0.6) is 5.75 Å². The Kier molecular flexibility index (Phi) is 4.02. The zero-order valence-electron chi connectivity index (χ0n) is 10.4. The molecule has 0 fully saturated rings. The van der Waals surface area contributed by atoms with Crippen molar-refractivity contribution >= 4 is 11.4 Å². The highest BCUT2D eigenvalue weighted by atomic mass is 16.5. The van der Waals surface area contributed by atoms with E-state index < -0.39 is 0 Å². The number of aryl methyl sites for hydroxylation is 1. The van der Waals surface area contributed by atoms with Gasteiger partial charge < -0.3 is 15.8 Å². The molecule has 0 unspecified atom stereocenters. The highest BCUT2D eigenvalue weighted by Gasteiger charge is 1.97. The van der Waals surface area contributed by atoms with Gasteiger partial charge in [0.1, 0.15) is 12.4 Å². The topological polar surface area (TPSA) is 60.2 Å². The second-order valence-electron chi connectivity index (χ2n) is 4.03. The number of benzene rings is 1. The van der Waals surface area contributed by atoms with Crippen LogP contribution in [-0.4, -0.2) is 18.1 Å². The van der Waals surface area contributed by atoms with Crippen LogP contribution in [0.15, 0.2) is 42.7 Å². The average Bonchev–Trinajstić information content (AvgIpc) is 2.39. The van der Waals surface area contributed by atoms with Crippen LogP contribution in [0.1, 0.15) is 5.56 Å². The van der Waals surface area contributed by atoms with Crippen LogP contribution in [-0.2, 0) is 0 Å². The summed E-state index contributed by atoms with van der Waals surface area (Å²) in [6.45, 7) is 3.37. The smallest absolute Gasteiger partial charge is 0.119 e. The third-order valence-corrected chi connectivity index (χ3v) is 2.59. The molecule has 2 aromatic rings. The molecule has 4 heteroatoms. The summed E-state index contributed by atoms with van der Waals surface area (Å²) < 4.78 is 5.59. The fourth-order valence-electron chi connectivity index (χ4n) is 1.59. The van der Waals surface area contributed by atoms with E-state index in [1.807, 2.05) is 43.5 Å². The van der Waals surface area contributed by atoms with Crippen LogP contribution in [0.2, 0.25) is 0 Å². The molecular weight excluding hydrogens is 226 g/mol. The summed E-state index contributed by atoms with van der Waals surface area (Å²) in [5.74, 6) is 0.831. The van der Waals surface area contributed by atoms with Crippen LogP contribution in [0.4, 0.5) is 11.4 Å². The Bertz CT molecular complexity index is 497. The number of nitrogen functional groups attached to an aromatic ring is 1. The van der Waals surface area contributed by atoms with Gasteiger partial charge in [0, 0.05) is 30.3 Å². The van der Waals surface area contributed by atoms with Gasteiger partial charge in [-0.3, -0.25) is 4.98 Å². The lowest BCUT2D eigenvalue weighted by Crippen LogP contribution is -2.12. The minimum Gasteiger partial charge on any atom is -0.492 e. The quantitative estimate of drug-likeness (QED) is 0.625. The molecule has 18 heavy (non-hydrogen) atoms. The number of hydrogen-bond acceptors (Lipinski definition) is 4. The van der Waals surface area contributed by atoms with Gasteiger partial charge in [0.25, 0.3) is 0 Å². The van der Waals surface area contributed by atoms with Crippen molar-refractivity contribution in [2.45, 2.75) is 6.92 Å². The van der Waals surface area contributed by atoms with Gasteiger partial charge in [-0.1, -0.05) is 0 Å². The lowest BCUT2D eigenvalue weighted by molar-refractivity contribution is 0.333. The molecule has 1 heterocycles. The Morgan fingerprint density at radius 2 is 2.00 bits per heavy atom. The van der Waals surface area contributed by atoms with Gasteiger partial charge in [-0.2, -0.15) is 0 Å². The maximum atomic E-state index is 5.60. The number of anilines is 2. The molecule has 0 saturated heterocycles. The fraction of sp³-hybridized carbons (Fsp3) is 0.214. The van der Waals surface area contributed by atoms with Crippen LogP contribution in [0.25, 0.3) is 0 Å². The van der Waals surface area contributed by atoms with E-state index in [1.54, 1.807) is 6.20 Å². The molecule has 1 aromatic heterocycles. The molecule has 94 valence electrons. The van der Waals surface area contributed by atoms with Gasteiger partial charge in [-0.15, -0.1) is 0 Å². The molecule has 4 nitrogen and oxygen atoms in total. The number of nitrogens with zero attached hydrogens (tertiary/aromatic N) is 1. The molecule has 0 bridgehead atoms. The van der Waals surface area contributed by atoms with Crippen molar-refractivity contribution in [2.24, 2.45) is 0 Å². The minimum atomic E-state index is 0.603. The monoisotopic (exact) mass is 243 g/mol. The van der Waals surface area contributed by atoms with E-state index in [2.05, 4.69) is 10.3 Å².